The van der Waals surface area contributed by atoms with Gasteiger partial charge >= 0.3 is 0 Å². The number of rotatable bonds is 6. The fourth-order valence-corrected chi connectivity index (χ4v) is 4.40. The van der Waals surface area contributed by atoms with E-state index in [9.17, 15) is 9.59 Å². The van der Waals surface area contributed by atoms with Gasteiger partial charge in [0.05, 0.1) is 10.6 Å². The van der Waals surface area contributed by atoms with Crippen molar-refractivity contribution in [1.82, 2.24) is 5.32 Å². The molecule has 1 aliphatic rings. The Hall–Kier alpha value is -3.36. The summed E-state index contributed by atoms with van der Waals surface area (Å²) in [6, 6.07) is 20.7. The van der Waals surface area contributed by atoms with Crippen LogP contribution in [0.15, 0.2) is 81.1 Å². The number of carbonyl (C=O) groups excluding carboxylic acids is 2. The Morgan fingerprint density at radius 2 is 1.88 bits per heavy atom. The van der Waals surface area contributed by atoms with Crippen LogP contribution >= 0.6 is 27.7 Å². The Morgan fingerprint density at radius 3 is 2.65 bits per heavy atom. The summed E-state index contributed by atoms with van der Waals surface area (Å²) in [7, 11) is 0. The molecule has 2 amide bonds. The second kappa shape index (κ2) is 10.7. The molecular weight excluding hydrogens is 514 g/mol. The van der Waals surface area contributed by atoms with E-state index in [-0.39, 0.29) is 18.4 Å². The van der Waals surface area contributed by atoms with Gasteiger partial charge in [0.25, 0.3) is 11.8 Å². The molecular formula is C26H22BrN3O3S. The number of benzene rings is 3. The maximum atomic E-state index is 12.5. The first-order valence-electron chi connectivity index (χ1n) is 10.5. The zero-order valence-corrected chi connectivity index (χ0v) is 21.0. The van der Waals surface area contributed by atoms with Crippen LogP contribution in [0.2, 0.25) is 0 Å². The number of nitrogens with zero attached hydrogens (tertiary/aromatic N) is 1. The number of halogens is 1. The molecule has 1 heterocycles. The molecule has 6 nitrogen and oxygen atoms in total. The third kappa shape index (κ3) is 6.36. The zero-order chi connectivity index (χ0) is 24.1. The van der Waals surface area contributed by atoms with Crippen molar-refractivity contribution in [3.05, 3.63) is 92.8 Å². The number of aliphatic imine (C=N–C) groups is 1. The first-order chi connectivity index (χ1) is 16.4. The van der Waals surface area contributed by atoms with Crippen molar-refractivity contribution in [2.45, 2.75) is 13.8 Å². The Labute approximate surface area is 210 Å². The molecule has 1 fully saturated rings. The quantitative estimate of drug-likeness (QED) is 0.380. The molecule has 8 heteroatoms. The van der Waals surface area contributed by atoms with E-state index in [2.05, 4.69) is 31.6 Å². The molecule has 172 valence electrons. The highest BCUT2D eigenvalue weighted by Gasteiger charge is 2.24. The molecule has 0 aliphatic carbocycles. The average molecular weight is 536 g/mol. The lowest BCUT2D eigenvalue weighted by Gasteiger charge is -2.11. The molecule has 0 radical (unpaired) electrons. The van der Waals surface area contributed by atoms with Gasteiger partial charge in [0.2, 0.25) is 0 Å². The number of amides is 2. The van der Waals surface area contributed by atoms with E-state index in [1.807, 2.05) is 74.5 Å². The van der Waals surface area contributed by atoms with Crippen molar-refractivity contribution in [2.75, 3.05) is 11.9 Å². The van der Waals surface area contributed by atoms with Gasteiger partial charge in [0.15, 0.2) is 11.8 Å². The van der Waals surface area contributed by atoms with Gasteiger partial charge in [-0.3, -0.25) is 9.59 Å². The minimum Gasteiger partial charge on any atom is -0.483 e. The number of hydrogen-bond acceptors (Lipinski definition) is 5. The minimum absolute atomic E-state index is 0.161. The lowest BCUT2D eigenvalue weighted by atomic mass is 10.2. The van der Waals surface area contributed by atoms with Crippen LogP contribution in [-0.2, 0) is 9.59 Å². The number of hydrogen-bond donors (Lipinski definition) is 2. The summed E-state index contributed by atoms with van der Waals surface area (Å²) in [6.07, 6.45) is 1.73. The highest BCUT2D eigenvalue weighted by molar-refractivity contribution is 9.10. The number of ether oxygens (including phenoxy) is 1. The monoisotopic (exact) mass is 535 g/mol. The van der Waals surface area contributed by atoms with Crippen molar-refractivity contribution in [3.63, 3.8) is 0 Å². The lowest BCUT2D eigenvalue weighted by Crippen LogP contribution is -2.20. The van der Waals surface area contributed by atoms with E-state index in [0.717, 1.165) is 21.3 Å². The molecule has 34 heavy (non-hydrogen) atoms. The fourth-order valence-electron chi connectivity index (χ4n) is 3.19. The number of carbonyl (C=O) groups is 2. The topological polar surface area (TPSA) is 79.8 Å². The third-order valence-corrected chi connectivity index (χ3v) is 6.24. The van der Waals surface area contributed by atoms with Crippen LogP contribution in [-0.4, -0.2) is 23.6 Å². The summed E-state index contributed by atoms with van der Waals surface area (Å²) in [5.74, 6) is -0.0148. The first kappa shape index (κ1) is 23.8. The number of aryl methyl sites for hydroxylation is 2. The van der Waals surface area contributed by atoms with Crippen molar-refractivity contribution in [1.29, 1.82) is 0 Å². The highest BCUT2D eigenvalue weighted by Crippen LogP contribution is 2.32. The van der Waals surface area contributed by atoms with E-state index in [0.29, 0.717) is 27.1 Å². The molecule has 3 aromatic rings. The van der Waals surface area contributed by atoms with Crippen LogP contribution in [0.4, 0.5) is 11.4 Å². The van der Waals surface area contributed by atoms with E-state index in [1.54, 1.807) is 12.1 Å². The van der Waals surface area contributed by atoms with E-state index >= 15 is 0 Å². The van der Waals surface area contributed by atoms with Crippen molar-refractivity contribution >= 4 is 62.1 Å². The smallest absolute Gasteiger partial charge is 0.264 e. The molecule has 0 atom stereocenters. The third-order valence-electron chi connectivity index (χ3n) is 4.83. The Balaban J connectivity index is 1.47. The minimum atomic E-state index is -0.271. The van der Waals surface area contributed by atoms with Gasteiger partial charge in [-0.1, -0.05) is 45.8 Å². The summed E-state index contributed by atoms with van der Waals surface area (Å²) in [5.41, 5.74) is 4.35. The van der Waals surface area contributed by atoms with Crippen LogP contribution in [0.25, 0.3) is 6.08 Å². The number of thioether (sulfide) groups is 1. The predicted molar refractivity (Wildman–Crippen MR) is 141 cm³/mol. The Morgan fingerprint density at radius 1 is 1.09 bits per heavy atom. The zero-order valence-electron chi connectivity index (χ0n) is 18.6. The Kier molecular flexibility index (Phi) is 7.49. The standard InChI is InChI=1S/C26H22BrN3O3S/c1-16-6-9-20(10-7-16)29-26-30-25(32)23(34-26)14-18-13-19(27)8-11-22(18)33-15-24(31)28-21-5-3-4-17(2)12-21/h3-14H,15H2,1-2H3,(H,28,31)(H,29,30,32)/b23-14-. The summed E-state index contributed by atoms with van der Waals surface area (Å²) in [5, 5.41) is 6.13. The molecule has 0 spiro atoms. The van der Waals surface area contributed by atoms with Crippen LogP contribution in [0, 0.1) is 13.8 Å². The largest absolute Gasteiger partial charge is 0.483 e. The first-order valence-corrected chi connectivity index (χ1v) is 12.1. The second-order valence-electron chi connectivity index (χ2n) is 7.71. The maximum Gasteiger partial charge on any atom is 0.264 e. The second-order valence-corrected chi connectivity index (χ2v) is 9.65. The van der Waals surface area contributed by atoms with Crippen LogP contribution in [0.5, 0.6) is 5.75 Å². The molecule has 4 rings (SSSR count). The van der Waals surface area contributed by atoms with E-state index < -0.39 is 0 Å². The fraction of sp³-hybridized carbons (Fsp3) is 0.115. The molecule has 0 aromatic heterocycles. The summed E-state index contributed by atoms with van der Waals surface area (Å²) >= 11 is 4.71. The van der Waals surface area contributed by atoms with Gasteiger partial charge < -0.3 is 15.4 Å². The molecule has 0 unspecified atom stereocenters. The van der Waals surface area contributed by atoms with Gasteiger partial charge in [0.1, 0.15) is 5.75 Å². The normalized spacial score (nSPS) is 15.4. The molecule has 3 aromatic carbocycles. The molecule has 1 aliphatic heterocycles. The van der Waals surface area contributed by atoms with Gasteiger partial charge in [-0.05, 0) is 79.7 Å². The Bertz CT molecular complexity index is 1300. The summed E-state index contributed by atoms with van der Waals surface area (Å²) in [6.45, 7) is 3.81. The van der Waals surface area contributed by atoms with Crippen LogP contribution in [0.3, 0.4) is 0 Å². The molecule has 1 saturated heterocycles. The highest BCUT2D eigenvalue weighted by atomic mass is 79.9. The van der Waals surface area contributed by atoms with Crippen molar-refractivity contribution < 1.29 is 14.3 Å². The lowest BCUT2D eigenvalue weighted by molar-refractivity contribution is -0.118. The maximum absolute atomic E-state index is 12.5. The molecule has 0 saturated carbocycles. The van der Waals surface area contributed by atoms with Crippen LogP contribution in [0.1, 0.15) is 16.7 Å². The van der Waals surface area contributed by atoms with Crippen LogP contribution < -0.4 is 15.4 Å². The predicted octanol–water partition coefficient (Wildman–Crippen LogP) is 5.98. The van der Waals surface area contributed by atoms with Gasteiger partial charge in [-0.15, -0.1) is 0 Å². The number of anilines is 1. The van der Waals surface area contributed by atoms with Gasteiger partial charge in [-0.25, -0.2) is 4.99 Å². The van der Waals surface area contributed by atoms with Crippen molar-refractivity contribution in [2.24, 2.45) is 4.99 Å². The molecule has 2 N–H and O–H groups in total. The van der Waals surface area contributed by atoms with E-state index in [1.165, 1.54) is 11.8 Å². The van der Waals surface area contributed by atoms with Gasteiger partial charge in [0, 0.05) is 15.7 Å². The average Bonchev–Trinajstić information content (AvgIpc) is 3.13. The van der Waals surface area contributed by atoms with E-state index in [4.69, 9.17) is 4.74 Å². The van der Waals surface area contributed by atoms with Crippen molar-refractivity contribution in [3.8, 4) is 5.75 Å². The number of amidine groups is 1. The molecule has 0 bridgehead atoms. The van der Waals surface area contributed by atoms with Gasteiger partial charge in [-0.2, -0.15) is 0 Å². The SMILES string of the molecule is Cc1ccc(N=C2NC(=O)/C(=C/c3cc(Br)ccc3OCC(=O)Nc3cccc(C)c3)S2)cc1. The summed E-state index contributed by atoms with van der Waals surface area (Å²) < 4.78 is 6.61. The summed E-state index contributed by atoms with van der Waals surface area (Å²) in [4.78, 5) is 29.9. The number of nitrogens with one attached hydrogen (secondary N) is 2.